The second kappa shape index (κ2) is 7.03. The molecule has 0 radical (unpaired) electrons. The van der Waals surface area contributed by atoms with E-state index in [0.717, 1.165) is 9.69 Å². The van der Waals surface area contributed by atoms with Crippen molar-refractivity contribution in [1.82, 2.24) is 9.66 Å². The smallest absolute Gasteiger partial charge is 0.288 e. The van der Waals surface area contributed by atoms with Crippen LogP contribution in [0.1, 0.15) is 28.8 Å². The van der Waals surface area contributed by atoms with E-state index in [9.17, 15) is 19.2 Å². The lowest BCUT2D eigenvalue weighted by Gasteiger charge is -2.18. The van der Waals surface area contributed by atoms with Crippen LogP contribution in [0.4, 0.5) is 0 Å². The van der Waals surface area contributed by atoms with Gasteiger partial charge in [0.05, 0.1) is 11.3 Å². The Kier molecular flexibility index (Phi) is 4.41. The Morgan fingerprint density at radius 3 is 2.00 bits per heavy atom. The fourth-order valence-electron chi connectivity index (χ4n) is 3.12. The van der Waals surface area contributed by atoms with Gasteiger partial charge in [-0.2, -0.15) is 14.7 Å². The Hall–Kier alpha value is -3.87. The molecule has 1 aliphatic rings. The molecule has 0 saturated carbocycles. The van der Waals surface area contributed by atoms with Gasteiger partial charge in [-0.25, -0.2) is 4.79 Å². The Morgan fingerprint density at radius 2 is 1.39 bits per heavy atom. The van der Waals surface area contributed by atoms with Crippen molar-refractivity contribution in [3.05, 3.63) is 88.5 Å². The van der Waals surface area contributed by atoms with Gasteiger partial charge in [-0.1, -0.05) is 60.7 Å². The first kappa shape index (κ1) is 17.5. The number of carbonyl (C=O) groups is 3. The zero-order chi connectivity index (χ0) is 19.7. The van der Waals surface area contributed by atoms with Gasteiger partial charge in [0.25, 0.3) is 0 Å². The first-order chi connectivity index (χ1) is 13.6. The van der Waals surface area contributed by atoms with E-state index in [1.807, 2.05) is 6.07 Å². The van der Waals surface area contributed by atoms with Gasteiger partial charge in [-0.3, -0.25) is 14.4 Å². The third kappa shape index (κ3) is 3.03. The summed E-state index contributed by atoms with van der Waals surface area (Å²) in [4.78, 5) is 53.9. The monoisotopic (exact) mass is 373 g/mol. The van der Waals surface area contributed by atoms with Gasteiger partial charge in [0, 0.05) is 30.2 Å². The third-order valence-corrected chi connectivity index (χ3v) is 4.48. The minimum atomic E-state index is -0.799. The number of nitrogens with zero attached hydrogens (tertiary/aromatic N) is 3. The number of hydrogen-bond acceptors (Lipinski definition) is 5. The first-order valence-electron chi connectivity index (χ1n) is 8.71. The summed E-state index contributed by atoms with van der Waals surface area (Å²) in [5, 5.41) is 0.756. The van der Waals surface area contributed by atoms with Crippen LogP contribution in [0.15, 0.2) is 71.7 Å². The van der Waals surface area contributed by atoms with E-state index < -0.39 is 17.5 Å². The third-order valence-electron chi connectivity index (χ3n) is 4.48. The molecule has 1 fully saturated rings. The molecule has 28 heavy (non-hydrogen) atoms. The van der Waals surface area contributed by atoms with E-state index in [1.165, 1.54) is 6.20 Å². The Balaban J connectivity index is 1.94. The van der Waals surface area contributed by atoms with Crippen LogP contribution in [0.2, 0.25) is 0 Å². The van der Waals surface area contributed by atoms with E-state index >= 15 is 0 Å². The van der Waals surface area contributed by atoms with Crippen molar-refractivity contribution in [2.24, 2.45) is 0 Å². The zero-order valence-corrected chi connectivity index (χ0v) is 14.7. The van der Waals surface area contributed by atoms with E-state index in [0.29, 0.717) is 11.1 Å². The van der Waals surface area contributed by atoms with Crippen molar-refractivity contribution >= 4 is 17.6 Å². The average Bonchev–Trinajstić information content (AvgIpc) is 3.07. The molecule has 3 aromatic rings. The van der Waals surface area contributed by atoms with Crippen LogP contribution in [0, 0.1) is 0 Å². The Morgan fingerprint density at radius 1 is 0.821 bits per heavy atom. The van der Waals surface area contributed by atoms with Crippen LogP contribution in [0.3, 0.4) is 0 Å². The Labute approximate surface area is 159 Å². The number of ketones is 1. The second-order valence-corrected chi connectivity index (χ2v) is 6.29. The summed E-state index contributed by atoms with van der Waals surface area (Å²) in [6.07, 6.45) is 1.27. The number of carbonyl (C=O) groups excluding carboxylic acids is 3. The lowest BCUT2D eigenvalue weighted by atomic mass is 9.99. The van der Waals surface area contributed by atoms with Crippen LogP contribution >= 0.6 is 0 Å². The minimum absolute atomic E-state index is 0.0215. The van der Waals surface area contributed by atoms with E-state index in [-0.39, 0.29) is 29.9 Å². The molecule has 2 heterocycles. The molecule has 0 N–H and O–H groups in total. The van der Waals surface area contributed by atoms with Gasteiger partial charge >= 0.3 is 5.69 Å². The molecule has 0 spiro atoms. The van der Waals surface area contributed by atoms with Gasteiger partial charge < -0.3 is 0 Å². The molecular formula is C21H15N3O4. The lowest BCUT2D eigenvalue weighted by molar-refractivity contribution is -0.123. The fourth-order valence-corrected chi connectivity index (χ4v) is 3.12. The van der Waals surface area contributed by atoms with Crippen molar-refractivity contribution in [2.45, 2.75) is 12.8 Å². The van der Waals surface area contributed by atoms with Crippen molar-refractivity contribution in [3.8, 4) is 11.3 Å². The molecule has 0 bridgehead atoms. The van der Waals surface area contributed by atoms with Crippen molar-refractivity contribution in [1.29, 1.82) is 0 Å². The minimum Gasteiger partial charge on any atom is -0.288 e. The molecule has 1 aliphatic heterocycles. The molecule has 2 amide bonds. The van der Waals surface area contributed by atoms with Gasteiger partial charge in [0.15, 0.2) is 5.78 Å². The van der Waals surface area contributed by atoms with Gasteiger partial charge in [0.2, 0.25) is 11.8 Å². The molecule has 4 rings (SSSR count). The summed E-state index contributed by atoms with van der Waals surface area (Å²) in [5.41, 5.74) is 0.530. The molecule has 0 unspecified atom stereocenters. The maximum absolute atomic E-state index is 13.1. The van der Waals surface area contributed by atoms with Crippen LogP contribution < -0.4 is 10.7 Å². The maximum atomic E-state index is 13.1. The number of amides is 2. The molecule has 1 aromatic heterocycles. The second-order valence-electron chi connectivity index (χ2n) is 6.29. The highest BCUT2D eigenvalue weighted by Crippen LogP contribution is 2.23. The predicted molar refractivity (Wildman–Crippen MR) is 101 cm³/mol. The summed E-state index contributed by atoms with van der Waals surface area (Å²) in [6, 6.07) is 17.4. The largest absolute Gasteiger partial charge is 0.367 e. The van der Waals surface area contributed by atoms with Gasteiger partial charge in [-0.15, -0.1) is 0 Å². The SMILES string of the molecule is O=C(c1ccccc1)c1cn(N2C(=O)CCC2=O)c(=O)nc1-c1ccccc1. The number of imide groups is 1. The summed E-state index contributed by atoms with van der Waals surface area (Å²) in [5.74, 6) is -1.36. The van der Waals surface area contributed by atoms with E-state index in [1.54, 1.807) is 54.6 Å². The lowest BCUT2D eigenvalue weighted by Crippen LogP contribution is -2.47. The normalized spacial score (nSPS) is 13.8. The van der Waals surface area contributed by atoms with Crippen molar-refractivity contribution in [2.75, 3.05) is 5.01 Å². The summed E-state index contributed by atoms with van der Waals surface area (Å²) < 4.78 is 0.834. The number of hydrogen-bond donors (Lipinski definition) is 0. The highest BCUT2D eigenvalue weighted by atomic mass is 16.2. The van der Waals surface area contributed by atoms with E-state index in [2.05, 4.69) is 4.98 Å². The molecule has 7 heteroatoms. The maximum Gasteiger partial charge on any atom is 0.367 e. The van der Waals surface area contributed by atoms with Crippen LogP contribution in [-0.4, -0.2) is 27.3 Å². The summed E-state index contributed by atoms with van der Waals surface area (Å²) in [7, 11) is 0. The van der Waals surface area contributed by atoms with Crippen LogP contribution in [0.5, 0.6) is 0 Å². The van der Waals surface area contributed by atoms with Gasteiger partial charge in [0.1, 0.15) is 0 Å². The number of benzene rings is 2. The highest BCUT2D eigenvalue weighted by Gasteiger charge is 2.32. The zero-order valence-electron chi connectivity index (χ0n) is 14.7. The predicted octanol–water partition coefficient (Wildman–Crippen LogP) is 1.93. The summed E-state index contributed by atoms with van der Waals surface area (Å²) >= 11 is 0. The molecule has 138 valence electrons. The molecule has 2 aromatic carbocycles. The molecular weight excluding hydrogens is 358 g/mol. The molecule has 0 atom stereocenters. The van der Waals surface area contributed by atoms with Crippen molar-refractivity contribution < 1.29 is 14.4 Å². The topological polar surface area (TPSA) is 89.3 Å². The van der Waals surface area contributed by atoms with Crippen LogP contribution in [-0.2, 0) is 9.59 Å². The first-order valence-corrected chi connectivity index (χ1v) is 8.71. The quantitative estimate of drug-likeness (QED) is 0.515. The van der Waals surface area contributed by atoms with E-state index in [4.69, 9.17) is 0 Å². The molecule has 7 nitrogen and oxygen atoms in total. The van der Waals surface area contributed by atoms with Crippen LogP contribution in [0.25, 0.3) is 11.3 Å². The average molecular weight is 373 g/mol. The summed E-state index contributed by atoms with van der Waals surface area (Å²) in [6.45, 7) is 0. The highest BCUT2D eigenvalue weighted by molar-refractivity contribution is 6.15. The standard InChI is InChI=1S/C21H15N3O4/c25-17-11-12-18(26)24(17)23-13-16(20(27)15-9-5-2-6-10-15)19(22-21(23)28)14-7-3-1-4-8-14/h1-10,13H,11-12H2. The number of aromatic nitrogens is 2. The van der Waals surface area contributed by atoms with Crippen molar-refractivity contribution in [3.63, 3.8) is 0 Å². The van der Waals surface area contributed by atoms with Gasteiger partial charge in [-0.05, 0) is 0 Å². The fraction of sp³-hybridized carbons (Fsp3) is 0.0952. The number of rotatable bonds is 4. The Bertz CT molecular complexity index is 1120. The molecule has 1 saturated heterocycles. The molecule has 0 aliphatic carbocycles.